The number of aromatic carboxylic acids is 1. The summed E-state index contributed by atoms with van der Waals surface area (Å²) in [5.41, 5.74) is 1.50. The fraction of sp³-hybridized carbons (Fsp3) is 0.0833. The zero-order valence-electron chi connectivity index (χ0n) is 9.28. The van der Waals surface area contributed by atoms with Gasteiger partial charge in [0, 0.05) is 30.7 Å². The summed E-state index contributed by atoms with van der Waals surface area (Å²) < 4.78 is 0. The standard InChI is InChI=1S/C12H10N2O4/c15-11(16)10-5-9(6-13-7-10)8-1-3-14(4-2-8)12(17)18/h1-3,5-7H,4H2,(H,15,16)(H,17,18). The van der Waals surface area contributed by atoms with Crippen molar-refractivity contribution in [2.45, 2.75) is 0 Å². The molecule has 2 heterocycles. The lowest BCUT2D eigenvalue weighted by molar-refractivity contribution is 0.0696. The lowest BCUT2D eigenvalue weighted by Gasteiger charge is -2.17. The molecule has 0 unspecified atom stereocenters. The molecule has 0 bridgehead atoms. The molecule has 2 rings (SSSR count). The second kappa shape index (κ2) is 4.70. The predicted molar refractivity (Wildman–Crippen MR) is 63.0 cm³/mol. The summed E-state index contributed by atoms with van der Waals surface area (Å²) >= 11 is 0. The number of nitrogens with zero attached hydrogens (tertiary/aromatic N) is 2. The molecule has 1 aliphatic rings. The maximum atomic E-state index is 10.8. The monoisotopic (exact) mass is 246 g/mol. The molecule has 0 radical (unpaired) electrons. The van der Waals surface area contributed by atoms with Gasteiger partial charge in [-0.25, -0.2) is 9.59 Å². The van der Waals surface area contributed by atoms with Gasteiger partial charge < -0.3 is 10.2 Å². The minimum absolute atomic E-state index is 0.0995. The second-order valence-electron chi connectivity index (χ2n) is 3.68. The minimum Gasteiger partial charge on any atom is -0.478 e. The van der Waals surface area contributed by atoms with Crippen molar-refractivity contribution in [3.63, 3.8) is 0 Å². The Morgan fingerprint density at radius 3 is 2.61 bits per heavy atom. The molecular formula is C12H10N2O4. The van der Waals surface area contributed by atoms with Crippen LogP contribution >= 0.6 is 0 Å². The van der Waals surface area contributed by atoms with Gasteiger partial charge >= 0.3 is 12.1 Å². The van der Waals surface area contributed by atoms with E-state index in [0.717, 1.165) is 10.5 Å². The van der Waals surface area contributed by atoms with Crippen molar-refractivity contribution in [3.05, 3.63) is 47.9 Å². The van der Waals surface area contributed by atoms with E-state index >= 15 is 0 Å². The van der Waals surface area contributed by atoms with Crippen molar-refractivity contribution in [2.75, 3.05) is 6.54 Å². The van der Waals surface area contributed by atoms with Crippen LogP contribution in [0.4, 0.5) is 4.79 Å². The zero-order valence-corrected chi connectivity index (χ0v) is 9.28. The van der Waals surface area contributed by atoms with Crippen LogP contribution in [-0.2, 0) is 0 Å². The van der Waals surface area contributed by atoms with E-state index < -0.39 is 12.1 Å². The van der Waals surface area contributed by atoms with Crippen LogP contribution in [0, 0.1) is 0 Å². The molecule has 1 aromatic rings. The van der Waals surface area contributed by atoms with Crippen LogP contribution in [0.2, 0.25) is 0 Å². The lowest BCUT2D eigenvalue weighted by Crippen LogP contribution is -2.25. The van der Waals surface area contributed by atoms with Crippen molar-refractivity contribution in [1.82, 2.24) is 9.88 Å². The predicted octanol–water partition coefficient (Wildman–Crippen LogP) is 1.67. The summed E-state index contributed by atoms with van der Waals surface area (Å²) in [6.45, 7) is 0.235. The van der Waals surface area contributed by atoms with Gasteiger partial charge in [-0.3, -0.25) is 9.88 Å². The van der Waals surface area contributed by atoms with Gasteiger partial charge in [0.15, 0.2) is 0 Å². The molecule has 18 heavy (non-hydrogen) atoms. The van der Waals surface area contributed by atoms with Gasteiger partial charge in [-0.05, 0) is 17.7 Å². The fourth-order valence-electron chi connectivity index (χ4n) is 1.57. The Hall–Kier alpha value is -2.63. The van der Waals surface area contributed by atoms with Crippen LogP contribution in [0.25, 0.3) is 5.57 Å². The number of hydrogen-bond acceptors (Lipinski definition) is 3. The van der Waals surface area contributed by atoms with Gasteiger partial charge in [-0.15, -0.1) is 0 Å². The first-order valence-electron chi connectivity index (χ1n) is 5.14. The number of rotatable bonds is 2. The highest BCUT2D eigenvalue weighted by molar-refractivity contribution is 5.89. The average Bonchev–Trinajstić information content (AvgIpc) is 2.39. The molecule has 2 N–H and O–H groups in total. The van der Waals surface area contributed by atoms with Gasteiger partial charge in [0.05, 0.1) is 5.56 Å². The summed E-state index contributed by atoms with van der Waals surface area (Å²) in [6, 6.07) is 1.50. The van der Waals surface area contributed by atoms with Crippen LogP contribution in [0.5, 0.6) is 0 Å². The number of carboxylic acids is 1. The molecule has 1 amide bonds. The SMILES string of the molecule is O=C(O)c1cncc(C2=CCN(C(=O)O)C=C2)c1. The van der Waals surface area contributed by atoms with E-state index in [-0.39, 0.29) is 12.1 Å². The Bertz CT molecular complexity index is 563. The molecule has 0 saturated heterocycles. The zero-order chi connectivity index (χ0) is 13.1. The van der Waals surface area contributed by atoms with Crippen molar-refractivity contribution < 1.29 is 19.8 Å². The Kier molecular flexibility index (Phi) is 3.09. The molecule has 0 saturated carbocycles. The largest absolute Gasteiger partial charge is 0.478 e. The fourth-order valence-corrected chi connectivity index (χ4v) is 1.57. The molecule has 0 spiro atoms. The summed E-state index contributed by atoms with van der Waals surface area (Å²) in [5, 5.41) is 17.6. The van der Waals surface area contributed by atoms with Crippen LogP contribution in [0.1, 0.15) is 15.9 Å². The van der Waals surface area contributed by atoms with Crippen LogP contribution in [0.3, 0.4) is 0 Å². The first-order valence-corrected chi connectivity index (χ1v) is 5.14. The molecule has 0 aromatic carbocycles. The third-order valence-corrected chi connectivity index (χ3v) is 2.51. The van der Waals surface area contributed by atoms with E-state index in [0.29, 0.717) is 5.56 Å². The quantitative estimate of drug-likeness (QED) is 0.828. The third kappa shape index (κ3) is 2.37. The molecule has 6 heteroatoms. The topological polar surface area (TPSA) is 90.7 Å². The van der Waals surface area contributed by atoms with Gasteiger partial charge in [0.25, 0.3) is 0 Å². The van der Waals surface area contributed by atoms with Crippen LogP contribution < -0.4 is 0 Å². The van der Waals surface area contributed by atoms with E-state index in [1.807, 2.05) is 0 Å². The smallest absolute Gasteiger partial charge is 0.411 e. The minimum atomic E-state index is -1.04. The lowest BCUT2D eigenvalue weighted by atomic mass is 10.0. The van der Waals surface area contributed by atoms with E-state index in [1.165, 1.54) is 18.5 Å². The number of hydrogen-bond donors (Lipinski definition) is 2. The highest BCUT2D eigenvalue weighted by Crippen LogP contribution is 2.19. The Morgan fingerprint density at radius 2 is 2.06 bits per heavy atom. The van der Waals surface area contributed by atoms with Crippen LogP contribution in [0.15, 0.2) is 36.8 Å². The first-order chi connectivity index (χ1) is 8.58. The maximum Gasteiger partial charge on any atom is 0.411 e. The molecule has 0 fully saturated rings. The Morgan fingerprint density at radius 1 is 1.28 bits per heavy atom. The Balaban J connectivity index is 2.24. The number of pyridine rings is 1. The van der Waals surface area contributed by atoms with Gasteiger partial charge in [-0.2, -0.15) is 0 Å². The number of carboxylic acid groups (broad SMARTS) is 2. The van der Waals surface area contributed by atoms with Crippen molar-refractivity contribution >= 4 is 17.6 Å². The molecule has 92 valence electrons. The molecular weight excluding hydrogens is 236 g/mol. The molecule has 0 atom stereocenters. The normalized spacial score (nSPS) is 14.2. The van der Waals surface area contributed by atoms with Crippen molar-refractivity contribution in [1.29, 1.82) is 0 Å². The highest BCUT2D eigenvalue weighted by Gasteiger charge is 2.12. The first kappa shape index (κ1) is 11.8. The summed E-state index contributed by atoms with van der Waals surface area (Å²) in [5.74, 6) is -1.04. The molecule has 6 nitrogen and oxygen atoms in total. The molecule has 1 aromatic heterocycles. The second-order valence-corrected chi connectivity index (χ2v) is 3.68. The van der Waals surface area contributed by atoms with Gasteiger partial charge in [-0.1, -0.05) is 6.08 Å². The van der Waals surface area contributed by atoms with E-state index in [1.54, 1.807) is 18.3 Å². The number of aromatic nitrogens is 1. The highest BCUT2D eigenvalue weighted by atomic mass is 16.4. The van der Waals surface area contributed by atoms with Gasteiger partial charge in [0.2, 0.25) is 0 Å². The van der Waals surface area contributed by atoms with E-state index in [9.17, 15) is 9.59 Å². The molecule has 1 aliphatic heterocycles. The number of carbonyl (C=O) groups is 2. The number of allylic oxidation sites excluding steroid dienone is 2. The summed E-state index contributed by atoms with van der Waals surface area (Å²) in [7, 11) is 0. The van der Waals surface area contributed by atoms with Crippen molar-refractivity contribution in [3.8, 4) is 0 Å². The van der Waals surface area contributed by atoms with Gasteiger partial charge in [0.1, 0.15) is 0 Å². The third-order valence-electron chi connectivity index (χ3n) is 2.51. The number of amides is 1. The molecule has 0 aliphatic carbocycles. The Labute approximate surface area is 102 Å². The van der Waals surface area contributed by atoms with E-state index in [2.05, 4.69) is 4.98 Å². The van der Waals surface area contributed by atoms with Crippen LogP contribution in [-0.4, -0.2) is 38.7 Å². The maximum absolute atomic E-state index is 10.8. The van der Waals surface area contributed by atoms with E-state index in [4.69, 9.17) is 10.2 Å². The summed E-state index contributed by atoms with van der Waals surface area (Å²) in [4.78, 5) is 26.5. The average molecular weight is 246 g/mol. The van der Waals surface area contributed by atoms with Crippen molar-refractivity contribution in [2.24, 2.45) is 0 Å². The summed E-state index contributed by atoms with van der Waals surface area (Å²) in [6.07, 6.45) is 6.53.